The Bertz CT molecular complexity index is 855. The summed E-state index contributed by atoms with van der Waals surface area (Å²) < 4.78 is 0. The van der Waals surface area contributed by atoms with Crippen molar-refractivity contribution in [1.29, 1.82) is 0 Å². The van der Waals surface area contributed by atoms with Crippen molar-refractivity contribution in [2.24, 2.45) is 0 Å². The monoisotopic (exact) mass is 422 g/mol. The lowest BCUT2D eigenvalue weighted by atomic mass is 9.82. The molecule has 0 saturated heterocycles. The van der Waals surface area contributed by atoms with Crippen molar-refractivity contribution >= 4 is 34.7 Å². The summed E-state index contributed by atoms with van der Waals surface area (Å²) in [7, 11) is 2.06. The molecule has 0 radical (unpaired) electrons. The zero-order chi connectivity index (χ0) is 19.7. The molecule has 11 heteroatoms. The van der Waals surface area contributed by atoms with Crippen molar-refractivity contribution < 1.29 is 14.7 Å². The fourth-order valence-electron chi connectivity index (χ4n) is 3.90. The number of aromatic nitrogens is 3. The molecule has 2 aromatic heterocycles. The maximum absolute atomic E-state index is 12.9. The average molecular weight is 423 g/mol. The minimum absolute atomic E-state index is 0.169. The normalized spacial score (nSPS) is 25.1. The van der Waals surface area contributed by atoms with Crippen LogP contribution in [0.5, 0.6) is 0 Å². The first-order valence-corrected chi connectivity index (χ1v) is 10.9. The van der Waals surface area contributed by atoms with Crippen molar-refractivity contribution in [3.8, 4) is 0 Å². The highest BCUT2D eigenvalue weighted by Gasteiger charge is 2.35. The van der Waals surface area contributed by atoms with Crippen LogP contribution in [-0.2, 0) is 13.0 Å². The smallest absolute Gasteiger partial charge is 0.404 e. The topological polar surface area (TPSA) is 120 Å². The predicted octanol–water partition coefficient (Wildman–Crippen LogP) is 1.68. The molecule has 28 heavy (non-hydrogen) atoms. The van der Waals surface area contributed by atoms with E-state index >= 15 is 0 Å². The molecule has 0 bridgehead atoms. The van der Waals surface area contributed by atoms with Crippen LogP contribution in [-0.4, -0.2) is 62.9 Å². The number of nitrogens with one attached hydrogen (secondary N) is 2. The molecular weight excluding hydrogens is 400 g/mol. The fraction of sp³-hybridized carbons (Fsp3) is 0.588. The van der Waals surface area contributed by atoms with E-state index in [1.807, 2.05) is 0 Å². The molecule has 1 saturated carbocycles. The van der Waals surface area contributed by atoms with Crippen LogP contribution >= 0.6 is 22.7 Å². The molecule has 1 fully saturated rings. The first kappa shape index (κ1) is 19.2. The van der Waals surface area contributed by atoms with Crippen molar-refractivity contribution in [3.63, 3.8) is 0 Å². The predicted molar refractivity (Wildman–Crippen MR) is 105 cm³/mol. The Balaban J connectivity index is 1.49. The van der Waals surface area contributed by atoms with Crippen LogP contribution in [0.4, 0.5) is 4.79 Å². The van der Waals surface area contributed by atoms with Crippen molar-refractivity contribution in [3.05, 3.63) is 26.1 Å². The number of nitrogens with zero attached hydrogens (tertiary/aromatic N) is 4. The molecule has 3 N–H and O–H groups in total. The highest BCUT2D eigenvalue weighted by atomic mass is 32.1. The summed E-state index contributed by atoms with van der Waals surface area (Å²) in [6.45, 7) is 1.75. The van der Waals surface area contributed by atoms with Gasteiger partial charge < -0.3 is 20.6 Å². The summed E-state index contributed by atoms with van der Waals surface area (Å²) >= 11 is 2.92. The number of hydrogen-bond donors (Lipinski definition) is 3. The lowest BCUT2D eigenvalue weighted by Crippen LogP contribution is -2.54. The summed E-state index contributed by atoms with van der Waals surface area (Å²) in [5.41, 5.74) is 2.70. The highest BCUT2D eigenvalue weighted by Crippen LogP contribution is 2.34. The number of likely N-dealkylation sites (N-methyl/N-ethyl adjacent to an activating group) is 1. The molecule has 1 aliphatic carbocycles. The Kier molecular flexibility index (Phi) is 5.56. The second-order valence-corrected chi connectivity index (χ2v) is 9.25. The van der Waals surface area contributed by atoms with Gasteiger partial charge in [-0.15, -0.1) is 32.9 Å². The third kappa shape index (κ3) is 4.15. The van der Waals surface area contributed by atoms with Gasteiger partial charge in [0.25, 0.3) is 5.91 Å². The van der Waals surface area contributed by atoms with Crippen LogP contribution < -0.4 is 10.6 Å². The molecule has 3 heterocycles. The molecule has 150 valence electrons. The molecular formula is C17H22N6O3S2. The SMILES string of the molecule is CN1CCc2nc(C(=O)N[C@@H]3C[C@@H](c4nncs4)CC[C@@H]3NC(=O)O)sc2C1. The number of carboxylic acid groups (broad SMARTS) is 1. The van der Waals surface area contributed by atoms with Gasteiger partial charge in [-0.25, -0.2) is 9.78 Å². The lowest BCUT2D eigenvalue weighted by molar-refractivity contribution is 0.0907. The maximum atomic E-state index is 12.9. The van der Waals surface area contributed by atoms with Gasteiger partial charge in [-0.2, -0.15) is 0 Å². The van der Waals surface area contributed by atoms with E-state index < -0.39 is 6.09 Å². The second kappa shape index (κ2) is 8.10. The standard InChI is InChI=1S/C17H22N6O3S2/c1-23-5-4-11-13(7-23)28-16(20-11)14(24)19-12-6-9(15-22-18-8-27-15)2-3-10(12)21-17(25)26/h8-10,12,21H,2-7H2,1H3,(H,19,24)(H,25,26)/t9-,10-,12+/m0/s1. The Morgan fingerprint density at radius 1 is 1.29 bits per heavy atom. The van der Waals surface area contributed by atoms with Gasteiger partial charge in [-0.3, -0.25) is 4.79 Å². The fourth-order valence-corrected chi connectivity index (χ4v) is 5.69. The molecule has 2 amide bonds. The number of rotatable bonds is 4. The van der Waals surface area contributed by atoms with Crippen molar-refractivity contribution in [2.75, 3.05) is 13.6 Å². The van der Waals surface area contributed by atoms with Crippen LogP contribution in [0, 0.1) is 0 Å². The molecule has 3 atom stereocenters. The summed E-state index contributed by atoms with van der Waals surface area (Å²) in [6.07, 6.45) is 1.85. The van der Waals surface area contributed by atoms with Crippen LogP contribution in [0.1, 0.15) is 50.6 Å². The highest BCUT2D eigenvalue weighted by molar-refractivity contribution is 7.13. The molecule has 9 nitrogen and oxygen atoms in total. The summed E-state index contributed by atoms with van der Waals surface area (Å²) in [5, 5.41) is 24.2. The third-order valence-corrected chi connectivity index (χ3v) is 7.26. The first-order valence-electron chi connectivity index (χ1n) is 9.23. The van der Waals surface area contributed by atoms with Gasteiger partial charge in [0.2, 0.25) is 0 Å². The van der Waals surface area contributed by atoms with Gasteiger partial charge in [0, 0.05) is 30.3 Å². The number of carbonyl (C=O) groups excluding carboxylic acids is 1. The Hall–Kier alpha value is -2.11. The van der Waals surface area contributed by atoms with Gasteiger partial charge in [0.1, 0.15) is 10.5 Å². The molecule has 4 rings (SSSR count). The molecule has 2 aliphatic rings. The van der Waals surface area contributed by atoms with Gasteiger partial charge in [-0.1, -0.05) is 0 Å². The van der Waals surface area contributed by atoms with Crippen LogP contribution in [0.2, 0.25) is 0 Å². The van der Waals surface area contributed by atoms with E-state index in [1.54, 1.807) is 5.51 Å². The molecule has 2 aromatic rings. The first-order chi connectivity index (χ1) is 13.5. The molecule has 0 spiro atoms. The summed E-state index contributed by atoms with van der Waals surface area (Å²) in [5.74, 6) is -0.0649. The zero-order valence-electron chi connectivity index (χ0n) is 15.4. The third-order valence-electron chi connectivity index (χ3n) is 5.32. The second-order valence-electron chi connectivity index (χ2n) is 7.30. The summed E-state index contributed by atoms with van der Waals surface area (Å²) in [4.78, 5) is 31.9. The van der Waals surface area contributed by atoms with Crippen molar-refractivity contribution in [2.45, 2.75) is 50.2 Å². The van der Waals surface area contributed by atoms with Crippen LogP contribution in [0.25, 0.3) is 0 Å². The average Bonchev–Trinajstić information content (AvgIpc) is 3.32. The number of fused-ring (bicyclic) bond motifs is 1. The Morgan fingerprint density at radius 2 is 2.14 bits per heavy atom. The van der Waals surface area contributed by atoms with E-state index in [1.165, 1.54) is 22.7 Å². The maximum Gasteiger partial charge on any atom is 0.404 e. The van der Waals surface area contributed by atoms with Crippen molar-refractivity contribution in [1.82, 2.24) is 30.7 Å². The molecule has 1 aliphatic heterocycles. The van der Waals surface area contributed by atoms with E-state index in [4.69, 9.17) is 5.11 Å². The minimum atomic E-state index is -1.08. The minimum Gasteiger partial charge on any atom is -0.465 e. The quantitative estimate of drug-likeness (QED) is 0.686. The number of amides is 2. The molecule has 0 aromatic carbocycles. The van der Waals surface area contributed by atoms with E-state index in [2.05, 4.69) is 37.8 Å². The largest absolute Gasteiger partial charge is 0.465 e. The lowest BCUT2D eigenvalue weighted by Gasteiger charge is -2.35. The van der Waals surface area contributed by atoms with E-state index in [0.717, 1.165) is 41.5 Å². The van der Waals surface area contributed by atoms with Gasteiger partial charge in [0.05, 0.1) is 17.8 Å². The Morgan fingerprint density at radius 3 is 2.89 bits per heavy atom. The van der Waals surface area contributed by atoms with E-state index in [-0.39, 0.29) is 23.9 Å². The number of carbonyl (C=O) groups is 2. The zero-order valence-corrected chi connectivity index (χ0v) is 17.1. The summed E-state index contributed by atoms with van der Waals surface area (Å²) in [6, 6.07) is -0.638. The van der Waals surface area contributed by atoms with Gasteiger partial charge in [0.15, 0.2) is 5.01 Å². The van der Waals surface area contributed by atoms with Gasteiger partial charge in [-0.05, 0) is 26.3 Å². The Labute approximate surface area is 170 Å². The van der Waals surface area contributed by atoms with Crippen LogP contribution in [0.15, 0.2) is 5.51 Å². The van der Waals surface area contributed by atoms with E-state index in [9.17, 15) is 9.59 Å². The van der Waals surface area contributed by atoms with Crippen LogP contribution in [0.3, 0.4) is 0 Å². The van der Waals surface area contributed by atoms with Gasteiger partial charge >= 0.3 is 6.09 Å². The number of thiazole rings is 1. The van der Waals surface area contributed by atoms with E-state index in [0.29, 0.717) is 17.8 Å². The number of hydrogen-bond acceptors (Lipinski definition) is 8. The molecule has 0 unspecified atom stereocenters.